The number of nitrogens with one attached hydrogen (secondary N) is 1. The molecule has 0 radical (unpaired) electrons. The predicted octanol–water partition coefficient (Wildman–Crippen LogP) is 3.79. The van der Waals surface area contributed by atoms with E-state index in [-0.39, 0.29) is 5.56 Å². The topological polar surface area (TPSA) is 42.0 Å². The Hall–Kier alpha value is -2.02. The van der Waals surface area contributed by atoms with Gasteiger partial charge in [0.2, 0.25) is 5.95 Å². The molecule has 0 saturated carbocycles. The van der Waals surface area contributed by atoms with Crippen LogP contribution in [0.25, 0.3) is 0 Å². The van der Waals surface area contributed by atoms with Gasteiger partial charge in [-0.05, 0) is 30.3 Å². The van der Waals surface area contributed by atoms with Crippen molar-refractivity contribution in [1.82, 2.24) is 4.98 Å². The Balaban J connectivity index is 2.04. The highest BCUT2D eigenvalue weighted by Crippen LogP contribution is 2.26. The van der Waals surface area contributed by atoms with Crippen molar-refractivity contribution in [2.75, 3.05) is 5.32 Å². The number of anilines is 1. The van der Waals surface area contributed by atoms with E-state index in [9.17, 15) is 18.0 Å². The Morgan fingerprint density at radius 3 is 2.50 bits per heavy atom. The van der Waals surface area contributed by atoms with Crippen molar-refractivity contribution >= 4 is 23.4 Å². The minimum Gasteiger partial charge on any atom is -0.322 e. The first-order valence-corrected chi connectivity index (χ1v) is 6.40. The standard InChI is InChI=1S/C13H9F3N2OS/c14-11-7-8(5-6-17-11)12(19)18-9-1-3-10(4-2-9)20-13(15)16/h1-7,13H,(H,18,19). The van der Waals surface area contributed by atoms with E-state index in [1.165, 1.54) is 36.5 Å². The number of hydrogen-bond acceptors (Lipinski definition) is 3. The number of halogens is 3. The lowest BCUT2D eigenvalue weighted by atomic mass is 10.2. The van der Waals surface area contributed by atoms with Gasteiger partial charge in [0, 0.05) is 28.4 Å². The second-order valence-electron chi connectivity index (χ2n) is 3.72. The predicted molar refractivity (Wildman–Crippen MR) is 70.5 cm³/mol. The fourth-order valence-electron chi connectivity index (χ4n) is 1.47. The van der Waals surface area contributed by atoms with E-state index in [4.69, 9.17) is 0 Å². The van der Waals surface area contributed by atoms with Gasteiger partial charge in [0.15, 0.2) is 0 Å². The maximum atomic E-state index is 12.9. The summed E-state index contributed by atoms with van der Waals surface area (Å²) >= 11 is 0.420. The fraction of sp³-hybridized carbons (Fsp3) is 0.0769. The number of alkyl halides is 2. The van der Waals surface area contributed by atoms with Crippen molar-refractivity contribution in [1.29, 1.82) is 0 Å². The molecule has 104 valence electrons. The van der Waals surface area contributed by atoms with E-state index in [1.807, 2.05) is 0 Å². The number of thioether (sulfide) groups is 1. The Kier molecular flexibility index (Phi) is 4.62. The number of benzene rings is 1. The summed E-state index contributed by atoms with van der Waals surface area (Å²) in [6, 6.07) is 8.33. The van der Waals surface area contributed by atoms with Gasteiger partial charge in [-0.2, -0.15) is 13.2 Å². The minimum absolute atomic E-state index is 0.128. The monoisotopic (exact) mass is 298 g/mol. The van der Waals surface area contributed by atoms with Crippen LogP contribution in [0.3, 0.4) is 0 Å². The fourth-order valence-corrected chi connectivity index (χ4v) is 1.97. The van der Waals surface area contributed by atoms with Gasteiger partial charge in [-0.25, -0.2) is 4.98 Å². The van der Waals surface area contributed by atoms with Crippen LogP contribution in [0.2, 0.25) is 0 Å². The maximum absolute atomic E-state index is 12.9. The molecule has 7 heteroatoms. The smallest absolute Gasteiger partial charge is 0.288 e. The Bertz CT molecular complexity index is 605. The number of carbonyl (C=O) groups is 1. The molecule has 2 rings (SSSR count). The normalized spacial score (nSPS) is 10.6. The summed E-state index contributed by atoms with van der Waals surface area (Å²) in [5.41, 5.74) is 0.564. The highest BCUT2D eigenvalue weighted by Gasteiger charge is 2.08. The Labute approximate surface area is 117 Å². The molecule has 1 N–H and O–H groups in total. The number of hydrogen-bond donors (Lipinski definition) is 1. The van der Waals surface area contributed by atoms with Gasteiger partial charge in [0.1, 0.15) is 0 Å². The molecular formula is C13H9F3N2OS. The summed E-state index contributed by atoms with van der Waals surface area (Å²) in [5, 5.41) is 2.54. The zero-order chi connectivity index (χ0) is 14.5. The van der Waals surface area contributed by atoms with Crippen molar-refractivity contribution in [3.63, 3.8) is 0 Å². The number of pyridine rings is 1. The molecule has 1 aromatic carbocycles. The maximum Gasteiger partial charge on any atom is 0.288 e. The molecule has 20 heavy (non-hydrogen) atoms. The Morgan fingerprint density at radius 2 is 1.90 bits per heavy atom. The lowest BCUT2D eigenvalue weighted by molar-refractivity contribution is 0.102. The summed E-state index contributed by atoms with van der Waals surface area (Å²) in [6.45, 7) is 0. The molecule has 0 bridgehead atoms. The van der Waals surface area contributed by atoms with E-state index < -0.39 is 17.6 Å². The van der Waals surface area contributed by atoms with Gasteiger partial charge >= 0.3 is 0 Å². The third-order valence-electron chi connectivity index (χ3n) is 2.33. The van der Waals surface area contributed by atoms with Crippen LogP contribution in [0.1, 0.15) is 10.4 Å². The third kappa shape index (κ3) is 3.99. The summed E-state index contributed by atoms with van der Waals surface area (Å²) in [7, 11) is 0. The highest BCUT2D eigenvalue weighted by molar-refractivity contribution is 7.99. The second kappa shape index (κ2) is 6.42. The molecule has 2 aromatic rings. The van der Waals surface area contributed by atoms with Gasteiger partial charge in [-0.3, -0.25) is 4.79 Å². The third-order valence-corrected chi connectivity index (χ3v) is 3.05. The summed E-state index contributed by atoms with van der Waals surface area (Å²) < 4.78 is 37.2. The van der Waals surface area contributed by atoms with Crippen LogP contribution in [0, 0.1) is 5.95 Å². The number of aromatic nitrogens is 1. The quantitative estimate of drug-likeness (QED) is 0.690. The summed E-state index contributed by atoms with van der Waals surface area (Å²) in [5.74, 6) is -3.74. The van der Waals surface area contributed by atoms with Crippen molar-refractivity contribution in [3.8, 4) is 0 Å². The van der Waals surface area contributed by atoms with Crippen molar-refractivity contribution in [2.45, 2.75) is 10.7 Å². The molecule has 3 nitrogen and oxygen atoms in total. The molecule has 0 aliphatic rings. The molecule has 0 saturated heterocycles. The first kappa shape index (κ1) is 14.4. The second-order valence-corrected chi connectivity index (χ2v) is 4.79. The first-order valence-electron chi connectivity index (χ1n) is 5.52. The zero-order valence-electron chi connectivity index (χ0n) is 10.0. The Morgan fingerprint density at radius 1 is 1.20 bits per heavy atom. The van der Waals surface area contributed by atoms with E-state index in [2.05, 4.69) is 10.3 Å². The molecule has 0 spiro atoms. The molecule has 0 atom stereocenters. The average molecular weight is 298 g/mol. The molecule has 1 amide bonds. The number of rotatable bonds is 4. The van der Waals surface area contributed by atoms with E-state index in [0.717, 1.165) is 6.07 Å². The van der Waals surface area contributed by atoms with Gasteiger partial charge < -0.3 is 5.32 Å². The van der Waals surface area contributed by atoms with Crippen molar-refractivity contribution in [2.24, 2.45) is 0 Å². The lowest BCUT2D eigenvalue weighted by Gasteiger charge is -2.06. The number of nitrogens with zero attached hydrogens (tertiary/aromatic N) is 1. The molecule has 0 aliphatic heterocycles. The van der Waals surface area contributed by atoms with E-state index in [1.54, 1.807) is 0 Å². The van der Waals surface area contributed by atoms with Crippen LogP contribution in [0.5, 0.6) is 0 Å². The van der Waals surface area contributed by atoms with Crippen LogP contribution >= 0.6 is 11.8 Å². The molecule has 1 heterocycles. The van der Waals surface area contributed by atoms with E-state index in [0.29, 0.717) is 22.3 Å². The van der Waals surface area contributed by atoms with Gasteiger partial charge in [0.25, 0.3) is 11.7 Å². The minimum atomic E-state index is -2.49. The van der Waals surface area contributed by atoms with Gasteiger partial charge in [0.05, 0.1) is 0 Å². The molecule has 0 fully saturated rings. The molecular weight excluding hydrogens is 289 g/mol. The zero-order valence-corrected chi connectivity index (χ0v) is 10.8. The van der Waals surface area contributed by atoms with E-state index >= 15 is 0 Å². The summed E-state index contributed by atoms with van der Waals surface area (Å²) in [6.07, 6.45) is 1.19. The number of amides is 1. The molecule has 1 aromatic heterocycles. The highest BCUT2D eigenvalue weighted by atomic mass is 32.2. The number of carbonyl (C=O) groups excluding carboxylic acids is 1. The first-order chi connectivity index (χ1) is 9.54. The van der Waals surface area contributed by atoms with Gasteiger partial charge in [-0.15, -0.1) is 0 Å². The molecule has 0 unspecified atom stereocenters. The average Bonchev–Trinajstić information content (AvgIpc) is 2.40. The summed E-state index contributed by atoms with van der Waals surface area (Å²) in [4.78, 5) is 15.5. The lowest BCUT2D eigenvalue weighted by Crippen LogP contribution is -2.12. The van der Waals surface area contributed by atoms with Crippen molar-refractivity contribution < 1.29 is 18.0 Å². The van der Waals surface area contributed by atoms with Gasteiger partial charge in [-0.1, -0.05) is 11.8 Å². The largest absolute Gasteiger partial charge is 0.322 e. The SMILES string of the molecule is O=C(Nc1ccc(SC(F)F)cc1)c1ccnc(F)c1. The van der Waals surface area contributed by atoms with Crippen LogP contribution in [-0.4, -0.2) is 16.6 Å². The molecule has 0 aliphatic carbocycles. The van der Waals surface area contributed by atoms with Crippen LogP contribution in [-0.2, 0) is 0 Å². The van der Waals surface area contributed by atoms with Crippen LogP contribution in [0.4, 0.5) is 18.9 Å². The van der Waals surface area contributed by atoms with Crippen molar-refractivity contribution in [3.05, 3.63) is 54.1 Å². The van der Waals surface area contributed by atoms with Crippen LogP contribution < -0.4 is 5.32 Å². The van der Waals surface area contributed by atoms with Crippen LogP contribution in [0.15, 0.2) is 47.5 Å².